The first-order valence-corrected chi connectivity index (χ1v) is 11.4. The minimum absolute atomic E-state index is 0.0210. The van der Waals surface area contributed by atoms with Crippen LogP contribution in [0.3, 0.4) is 0 Å². The third-order valence-corrected chi connectivity index (χ3v) is 7.82. The van der Waals surface area contributed by atoms with Gasteiger partial charge < -0.3 is 4.74 Å². The summed E-state index contributed by atoms with van der Waals surface area (Å²) >= 11 is 9.56. The molecule has 0 radical (unpaired) electrons. The van der Waals surface area contributed by atoms with Gasteiger partial charge in [-0.15, -0.1) is 0 Å². The number of carbonyl (C=O) groups excluding carboxylic acids is 1. The maximum absolute atomic E-state index is 12.9. The number of ether oxygens (including phenoxy) is 1. The Kier molecular flexibility index (Phi) is 5.78. The van der Waals surface area contributed by atoms with Gasteiger partial charge in [-0.3, -0.25) is 4.90 Å². The van der Waals surface area contributed by atoms with E-state index in [0.717, 1.165) is 39.0 Å². The predicted octanol–water partition coefficient (Wildman–Crippen LogP) is 5.05. The summed E-state index contributed by atoms with van der Waals surface area (Å²) in [5.41, 5.74) is 2.85. The van der Waals surface area contributed by atoms with Crippen molar-refractivity contribution in [2.24, 2.45) is 0 Å². The molecule has 0 bridgehead atoms. The van der Waals surface area contributed by atoms with Crippen LogP contribution in [0.25, 0.3) is 0 Å². The smallest absolute Gasteiger partial charge is 0.414 e. The highest BCUT2D eigenvalue weighted by Crippen LogP contribution is 2.34. The summed E-state index contributed by atoms with van der Waals surface area (Å²) < 4.78 is 21.3. The second kappa shape index (κ2) is 8.14. The maximum Gasteiger partial charge on any atom is 0.414 e. The van der Waals surface area contributed by atoms with Gasteiger partial charge >= 0.3 is 6.09 Å². The van der Waals surface area contributed by atoms with Crippen LogP contribution < -0.4 is 4.90 Å². The summed E-state index contributed by atoms with van der Waals surface area (Å²) in [5, 5.41) is 0.631. The maximum atomic E-state index is 12.9. The summed E-state index contributed by atoms with van der Waals surface area (Å²) in [6.07, 6.45) is 1.15. The first-order chi connectivity index (χ1) is 13.4. The zero-order chi connectivity index (χ0) is 19.8. The van der Waals surface area contributed by atoms with Crippen LogP contribution in [0.4, 0.5) is 10.5 Å². The van der Waals surface area contributed by atoms with Crippen LogP contribution in [-0.2, 0) is 22.3 Å². The molecule has 148 valence electrons. The Bertz CT molecular complexity index is 947. The molecule has 0 aromatic heterocycles. The number of amides is 1. The molecule has 0 N–H and O–H groups in total. The molecule has 0 aliphatic carbocycles. The molecule has 0 spiro atoms. The minimum atomic E-state index is -1.20. The van der Waals surface area contributed by atoms with Crippen molar-refractivity contribution in [3.05, 3.63) is 57.0 Å². The molecular formula is C20H20BrClN2O3S. The van der Waals surface area contributed by atoms with Gasteiger partial charge in [-0.2, -0.15) is 0 Å². The Morgan fingerprint density at radius 2 is 1.93 bits per heavy atom. The van der Waals surface area contributed by atoms with Crippen LogP contribution in [0.5, 0.6) is 0 Å². The summed E-state index contributed by atoms with van der Waals surface area (Å²) in [4.78, 5) is 15.0. The molecule has 0 saturated carbocycles. The lowest BCUT2D eigenvalue weighted by Crippen LogP contribution is -2.49. The van der Waals surface area contributed by atoms with Crippen molar-refractivity contribution in [1.29, 1.82) is 0 Å². The van der Waals surface area contributed by atoms with E-state index in [4.69, 9.17) is 16.3 Å². The molecule has 28 heavy (non-hydrogen) atoms. The van der Waals surface area contributed by atoms with Gasteiger partial charge in [0.05, 0.1) is 10.6 Å². The van der Waals surface area contributed by atoms with E-state index in [2.05, 4.69) is 15.9 Å². The Morgan fingerprint density at radius 3 is 2.64 bits per heavy atom. The van der Waals surface area contributed by atoms with Crippen LogP contribution >= 0.6 is 27.5 Å². The number of cyclic esters (lactones) is 1. The SMILES string of the molecule is Cc1cc(S(=O)N2CCC(N3C(=O)OCc4cc(Cl)ccc43)CC2)ccc1Br. The van der Waals surface area contributed by atoms with Crippen molar-refractivity contribution >= 4 is 50.3 Å². The van der Waals surface area contributed by atoms with E-state index in [1.165, 1.54) is 0 Å². The Hall–Kier alpha value is -1.41. The molecule has 1 unspecified atom stereocenters. The second-order valence-corrected chi connectivity index (χ2v) is 9.79. The molecule has 2 aromatic carbocycles. The number of benzene rings is 2. The van der Waals surface area contributed by atoms with Crippen molar-refractivity contribution in [2.45, 2.75) is 37.3 Å². The van der Waals surface area contributed by atoms with Crippen molar-refractivity contribution in [1.82, 2.24) is 4.31 Å². The lowest BCUT2D eigenvalue weighted by Gasteiger charge is -2.39. The molecule has 8 heteroatoms. The van der Waals surface area contributed by atoms with Crippen LogP contribution in [0.15, 0.2) is 45.8 Å². The summed E-state index contributed by atoms with van der Waals surface area (Å²) in [6.45, 7) is 3.54. The number of piperidine rings is 1. The first kappa shape index (κ1) is 19.9. The number of fused-ring (bicyclic) bond motifs is 1. The topological polar surface area (TPSA) is 49.9 Å². The third-order valence-electron chi connectivity index (χ3n) is 5.20. The van der Waals surface area contributed by atoms with E-state index in [1.54, 1.807) is 11.0 Å². The highest BCUT2D eigenvalue weighted by atomic mass is 79.9. The molecule has 5 nitrogen and oxygen atoms in total. The van der Waals surface area contributed by atoms with E-state index < -0.39 is 11.0 Å². The largest absolute Gasteiger partial charge is 0.444 e. The van der Waals surface area contributed by atoms with E-state index in [9.17, 15) is 9.00 Å². The average Bonchev–Trinajstić information content (AvgIpc) is 2.70. The third kappa shape index (κ3) is 3.85. The molecule has 1 saturated heterocycles. The van der Waals surface area contributed by atoms with Gasteiger partial charge in [-0.1, -0.05) is 27.5 Å². The fourth-order valence-corrected chi connectivity index (χ4v) is 5.44. The predicted molar refractivity (Wildman–Crippen MR) is 114 cm³/mol. The van der Waals surface area contributed by atoms with Crippen molar-refractivity contribution in [3.63, 3.8) is 0 Å². The monoisotopic (exact) mass is 482 g/mol. The van der Waals surface area contributed by atoms with Gasteiger partial charge in [0.15, 0.2) is 0 Å². The lowest BCUT2D eigenvalue weighted by molar-refractivity contribution is 0.136. The molecule has 2 aliphatic heterocycles. The van der Waals surface area contributed by atoms with E-state index in [0.29, 0.717) is 18.1 Å². The molecule has 1 fully saturated rings. The lowest BCUT2D eigenvalue weighted by atomic mass is 10.0. The van der Waals surface area contributed by atoms with Crippen molar-refractivity contribution in [2.75, 3.05) is 18.0 Å². The van der Waals surface area contributed by atoms with Crippen molar-refractivity contribution < 1.29 is 13.7 Å². The van der Waals surface area contributed by atoms with Gasteiger partial charge in [0.2, 0.25) is 0 Å². The van der Waals surface area contributed by atoms with Crippen LogP contribution in [-0.4, -0.2) is 33.7 Å². The second-order valence-electron chi connectivity index (χ2n) is 7.02. The van der Waals surface area contributed by atoms with Gasteiger partial charge in [0.25, 0.3) is 0 Å². The summed E-state index contributed by atoms with van der Waals surface area (Å²) in [5.74, 6) is 0. The molecule has 2 heterocycles. The molecule has 2 aliphatic rings. The van der Waals surface area contributed by atoms with E-state index in [-0.39, 0.29) is 18.7 Å². The van der Waals surface area contributed by atoms with E-state index in [1.807, 2.05) is 41.6 Å². The number of hydrogen-bond donors (Lipinski definition) is 0. The molecule has 4 rings (SSSR count). The minimum Gasteiger partial charge on any atom is -0.444 e. The van der Waals surface area contributed by atoms with Gasteiger partial charge in [-0.25, -0.2) is 13.3 Å². The van der Waals surface area contributed by atoms with Gasteiger partial charge in [-0.05, 0) is 61.7 Å². The Balaban J connectivity index is 1.48. The summed E-state index contributed by atoms with van der Waals surface area (Å²) in [6, 6.07) is 11.3. The number of aryl methyl sites for hydroxylation is 1. The highest BCUT2D eigenvalue weighted by Gasteiger charge is 2.35. The summed E-state index contributed by atoms with van der Waals surface area (Å²) in [7, 11) is -1.20. The van der Waals surface area contributed by atoms with Crippen molar-refractivity contribution in [3.8, 4) is 0 Å². The zero-order valence-electron chi connectivity index (χ0n) is 15.4. The van der Waals surface area contributed by atoms with Gasteiger partial charge in [0, 0.05) is 34.2 Å². The number of carbonyl (C=O) groups is 1. The normalized spacial score (nSPS) is 19.2. The number of rotatable bonds is 3. The highest BCUT2D eigenvalue weighted by molar-refractivity contribution is 9.10. The Morgan fingerprint density at radius 1 is 1.18 bits per heavy atom. The molecular weight excluding hydrogens is 464 g/mol. The number of hydrogen-bond acceptors (Lipinski definition) is 3. The van der Waals surface area contributed by atoms with E-state index >= 15 is 0 Å². The zero-order valence-corrected chi connectivity index (χ0v) is 18.5. The quantitative estimate of drug-likeness (QED) is 0.613. The molecule has 1 atom stereocenters. The van der Waals surface area contributed by atoms with Gasteiger partial charge in [0.1, 0.15) is 17.6 Å². The van der Waals surface area contributed by atoms with Crippen LogP contribution in [0, 0.1) is 6.92 Å². The number of nitrogens with zero attached hydrogens (tertiary/aromatic N) is 2. The number of anilines is 1. The fourth-order valence-electron chi connectivity index (χ4n) is 3.70. The molecule has 1 amide bonds. The van der Waals surface area contributed by atoms with Crippen LogP contribution in [0.1, 0.15) is 24.0 Å². The standard InChI is InChI=1S/C20H20BrClN2O3S/c1-13-10-17(3-4-18(13)21)28(26)23-8-6-16(7-9-23)24-19-5-2-15(22)11-14(19)12-27-20(24)25/h2-5,10-11,16H,6-9,12H2,1H3. The Labute approximate surface area is 180 Å². The first-order valence-electron chi connectivity index (χ1n) is 9.11. The number of halogens is 2. The average molecular weight is 484 g/mol. The molecule has 2 aromatic rings. The fraction of sp³-hybridized carbons (Fsp3) is 0.350. The van der Waals surface area contributed by atoms with Crippen LogP contribution in [0.2, 0.25) is 5.02 Å².